The molecule has 1 aliphatic rings. The first-order chi connectivity index (χ1) is 6.66. The van der Waals surface area contributed by atoms with Crippen molar-refractivity contribution in [2.24, 2.45) is 0 Å². The average molecular weight is 295 g/mol. The highest BCUT2D eigenvalue weighted by Crippen LogP contribution is 2.29. The lowest BCUT2D eigenvalue weighted by atomic mass is 10.1. The lowest BCUT2D eigenvalue weighted by molar-refractivity contribution is 0.177. The molecule has 0 spiro atoms. The maximum Gasteiger partial charge on any atom is 0.407 e. The van der Waals surface area contributed by atoms with Crippen molar-refractivity contribution in [2.75, 3.05) is 6.61 Å². The zero-order valence-electron chi connectivity index (χ0n) is 7.57. The van der Waals surface area contributed by atoms with E-state index in [9.17, 15) is 9.90 Å². The molecule has 1 aliphatic heterocycles. The Kier molecular flexibility index (Phi) is 3.82. The zero-order chi connectivity index (χ0) is 10.1. The summed E-state index contributed by atoms with van der Waals surface area (Å²) >= 11 is 3.29. The number of carbonyl (C=O) groups excluding carboxylic acids is 1. The van der Waals surface area contributed by atoms with Gasteiger partial charge in [0.15, 0.2) is 0 Å². The third kappa shape index (κ3) is 2.54. The summed E-state index contributed by atoms with van der Waals surface area (Å²) in [5, 5.41) is 12.2. The minimum absolute atomic E-state index is 0. The molecule has 2 rings (SSSR count). The molecule has 15 heavy (non-hydrogen) atoms. The molecule has 4 nitrogen and oxygen atoms in total. The highest BCUT2D eigenvalue weighted by molar-refractivity contribution is 9.10. The van der Waals surface area contributed by atoms with Crippen molar-refractivity contribution in [1.29, 1.82) is 0 Å². The third-order valence-electron chi connectivity index (χ3n) is 2.04. The van der Waals surface area contributed by atoms with Crippen LogP contribution in [-0.4, -0.2) is 17.8 Å². The standard InChI is InChI=1S/C9H8BrNO3.ClH/c10-5-1-2-8(12)6(3-5)7-4-14-9(13)11-7;/h1-3,7,12H,4H2,(H,11,13);1H/t7-;/m1./s1. The summed E-state index contributed by atoms with van der Waals surface area (Å²) < 4.78 is 5.59. The number of benzene rings is 1. The van der Waals surface area contributed by atoms with Crippen molar-refractivity contribution in [3.63, 3.8) is 0 Å². The fourth-order valence-corrected chi connectivity index (χ4v) is 1.74. The van der Waals surface area contributed by atoms with Gasteiger partial charge in [-0.2, -0.15) is 0 Å². The second-order valence-corrected chi connectivity index (χ2v) is 3.91. The summed E-state index contributed by atoms with van der Waals surface area (Å²) in [7, 11) is 0. The first-order valence-corrected chi connectivity index (χ1v) is 4.88. The molecule has 6 heteroatoms. The number of ether oxygens (including phenoxy) is 1. The molecule has 1 fully saturated rings. The van der Waals surface area contributed by atoms with Gasteiger partial charge in [0, 0.05) is 10.0 Å². The summed E-state index contributed by atoms with van der Waals surface area (Å²) in [6.07, 6.45) is -0.450. The number of aromatic hydroxyl groups is 1. The molecule has 2 N–H and O–H groups in total. The molecule has 1 heterocycles. The summed E-state index contributed by atoms with van der Waals surface area (Å²) in [6, 6.07) is 4.80. The smallest absolute Gasteiger partial charge is 0.407 e. The van der Waals surface area contributed by atoms with E-state index in [1.807, 2.05) is 0 Å². The van der Waals surface area contributed by atoms with Gasteiger partial charge in [-0.3, -0.25) is 0 Å². The number of phenols is 1. The van der Waals surface area contributed by atoms with Crippen LogP contribution in [0.1, 0.15) is 11.6 Å². The minimum atomic E-state index is -0.450. The van der Waals surface area contributed by atoms with Gasteiger partial charge < -0.3 is 15.2 Å². The van der Waals surface area contributed by atoms with Crippen molar-refractivity contribution in [3.8, 4) is 5.75 Å². The molecule has 82 valence electrons. The van der Waals surface area contributed by atoms with Crippen LogP contribution in [0.15, 0.2) is 22.7 Å². The lowest BCUT2D eigenvalue weighted by Gasteiger charge is -2.09. The number of phenolic OH excluding ortho intramolecular Hbond substituents is 1. The van der Waals surface area contributed by atoms with E-state index in [4.69, 9.17) is 4.74 Å². The molecule has 0 bridgehead atoms. The summed E-state index contributed by atoms with van der Waals surface area (Å²) in [5.41, 5.74) is 0.658. The topological polar surface area (TPSA) is 58.6 Å². The summed E-state index contributed by atoms with van der Waals surface area (Å²) in [5.74, 6) is 0.156. The van der Waals surface area contributed by atoms with Crippen LogP contribution >= 0.6 is 28.3 Å². The molecule has 0 radical (unpaired) electrons. The van der Waals surface area contributed by atoms with Crippen LogP contribution in [0.5, 0.6) is 5.75 Å². The SMILES string of the molecule is Cl.O=C1N[C@@H](c2cc(Br)ccc2O)CO1. The molecule has 1 amide bonds. The Hall–Kier alpha value is -0.940. The fourth-order valence-electron chi connectivity index (χ4n) is 1.36. The van der Waals surface area contributed by atoms with Gasteiger partial charge >= 0.3 is 6.09 Å². The first kappa shape index (κ1) is 12.1. The minimum Gasteiger partial charge on any atom is -0.508 e. The number of nitrogens with one attached hydrogen (secondary N) is 1. The van der Waals surface area contributed by atoms with Gasteiger partial charge in [-0.05, 0) is 18.2 Å². The van der Waals surface area contributed by atoms with Crippen LogP contribution in [0.4, 0.5) is 4.79 Å². The predicted molar refractivity (Wildman–Crippen MR) is 60.3 cm³/mol. The van der Waals surface area contributed by atoms with E-state index < -0.39 is 6.09 Å². The van der Waals surface area contributed by atoms with E-state index in [1.165, 1.54) is 0 Å². The Morgan fingerprint density at radius 2 is 2.27 bits per heavy atom. The Balaban J connectivity index is 0.00000112. The first-order valence-electron chi connectivity index (χ1n) is 4.08. The van der Waals surface area contributed by atoms with E-state index in [2.05, 4.69) is 21.2 Å². The van der Waals surface area contributed by atoms with Crippen LogP contribution in [-0.2, 0) is 4.74 Å². The van der Waals surface area contributed by atoms with Crippen molar-refractivity contribution >= 4 is 34.4 Å². The van der Waals surface area contributed by atoms with Gasteiger partial charge in [0.2, 0.25) is 0 Å². The van der Waals surface area contributed by atoms with Gasteiger partial charge in [-0.1, -0.05) is 15.9 Å². The molecule has 0 aromatic heterocycles. The van der Waals surface area contributed by atoms with Crippen LogP contribution < -0.4 is 5.32 Å². The Morgan fingerprint density at radius 3 is 2.87 bits per heavy atom. The van der Waals surface area contributed by atoms with Crippen molar-refractivity contribution in [2.45, 2.75) is 6.04 Å². The van der Waals surface area contributed by atoms with Gasteiger partial charge in [-0.25, -0.2) is 4.79 Å². The number of cyclic esters (lactones) is 1. The van der Waals surface area contributed by atoms with E-state index in [-0.39, 0.29) is 30.8 Å². The normalized spacial score (nSPS) is 19.0. The predicted octanol–water partition coefficient (Wildman–Crippen LogP) is 2.36. The lowest BCUT2D eigenvalue weighted by Crippen LogP contribution is -2.18. The van der Waals surface area contributed by atoms with Gasteiger partial charge in [0.1, 0.15) is 12.4 Å². The molecule has 0 aliphatic carbocycles. The second-order valence-electron chi connectivity index (χ2n) is 3.00. The van der Waals surface area contributed by atoms with Gasteiger partial charge in [-0.15, -0.1) is 12.4 Å². The second kappa shape index (κ2) is 4.72. The van der Waals surface area contributed by atoms with Crippen LogP contribution in [0.2, 0.25) is 0 Å². The largest absolute Gasteiger partial charge is 0.508 e. The van der Waals surface area contributed by atoms with Gasteiger partial charge in [0.25, 0.3) is 0 Å². The van der Waals surface area contributed by atoms with E-state index in [0.717, 1.165) is 4.47 Å². The van der Waals surface area contributed by atoms with Crippen LogP contribution in [0, 0.1) is 0 Å². The Labute approximate surface area is 101 Å². The van der Waals surface area contributed by atoms with Crippen LogP contribution in [0.3, 0.4) is 0 Å². The maximum absolute atomic E-state index is 10.8. The van der Waals surface area contributed by atoms with E-state index in [1.54, 1.807) is 18.2 Å². The number of rotatable bonds is 1. The molecule has 1 aromatic rings. The summed E-state index contributed by atoms with van der Waals surface area (Å²) in [4.78, 5) is 10.8. The van der Waals surface area contributed by atoms with Crippen molar-refractivity contribution in [3.05, 3.63) is 28.2 Å². The molecule has 1 atom stereocenters. The molecule has 1 aromatic carbocycles. The maximum atomic E-state index is 10.8. The average Bonchev–Trinajstić information content (AvgIpc) is 2.56. The number of hydrogen-bond acceptors (Lipinski definition) is 3. The number of hydrogen-bond donors (Lipinski definition) is 2. The zero-order valence-corrected chi connectivity index (χ0v) is 9.97. The molecular formula is C9H9BrClNO3. The highest BCUT2D eigenvalue weighted by atomic mass is 79.9. The number of amides is 1. The van der Waals surface area contributed by atoms with Crippen molar-refractivity contribution in [1.82, 2.24) is 5.32 Å². The van der Waals surface area contributed by atoms with Crippen LogP contribution in [0.25, 0.3) is 0 Å². The molecular weight excluding hydrogens is 285 g/mol. The molecule has 1 saturated heterocycles. The van der Waals surface area contributed by atoms with E-state index >= 15 is 0 Å². The highest BCUT2D eigenvalue weighted by Gasteiger charge is 2.25. The van der Waals surface area contributed by atoms with Gasteiger partial charge in [0.05, 0.1) is 6.04 Å². The molecule has 0 unspecified atom stereocenters. The third-order valence-corrected chi connectivity index (χ3v) is 2.53. The van der Waals surface area contributed by atoms with Crippen molar-refractivity contribution < 1.29 is 14.6 Å². The fraction of sp³-hybridized carbons (Fsp3) is 0.222. The Bertz CT molecular complexity index is 386. The number of halogens is 2. The quantitative estimate of drug-likeness (QED) is 0.836. The number of carbonyl (C=O) groups is 1. The Morgan fingerprint density at radius 1 is 1.53 bits per heavy atom. The molecule has 0 saturated carbocycles. The van der Waals surface area contributed by atoms with E-state index in [0.29, 0.717) is 5.56 Å². The number of alkyl carbamates (subject to hydrolysis) is 1. The monoisotopic (exact) mass is 293 g/mol. The summed E-state index contributed by atoms with van der Waals surface area (Å²) in [6.45, 7) is 0.253.